The van der Waals surface area contributed by atoms with Gasteiger partial charge in [0.1, 0.15) is 11.9 Å². The second-order valence-electron chi connectivity index (χ2n) is 6.99. The number of nitrogens with one attached hydrogen (secondary N) is 2. The molecule has 0 heterocycles. The van der Waals surface area contributed by atoms with E-state index in [2.05, 4.69) is 10.0 Å². The molecule has 0 saturated carbocycles. The van der Waals surface area contributed by atoms with Gasteiger partial charge in [-0.25, -0.2) is 17.6 Å². The number of ether oxygens (including phenoxy) is 1. The van der Waals surface area contributed by atoms with Crippen molar-refractivity contribution < 1.29 is 27.1 Å². The molecule has 33 heavy (non-hydrogen) atoms. The van der Waals surface area contributed by atoms with Crippen LogP contribution in [0.4, 0.5) is 10.1 Å². The summed E-state index contributed by atoms with van der Waals surface area (Å²) in [6, 6.07) is 16.3. The molecule has 0 aromatic heterocycles. The molecule has 3 aromatic rings. The summed E-state index contributed by atoms with van der Waals surface area (Å²) in [5, 5.41) is 2.65. The van der Waals surface area contributed by atoms with Gasteiger partial charge in [-0.15, -0.1) is 0 Å². The van der Waals surface area contributed by atoms with Crippen molar-refractivity contribution >= 4 is 39.2 Å². The zero-order valence-corrected chi connectivity index (χ0v) is 19.0. The zero-order chi connectivity index (χ0) is 24.0. The van der Waals surface area contributed by atoms with Crippen molar-refractivity contribution in [3.05, 3.63) is 94.8 Å². The SMILES string of the molecule is COC(=O)C(Cc1ccccc1)NC(=O)c1ccc(Cl)c(NS(=O)(=O)c2ccc(F)cc2)c1. The van der Waals surface area contributed by atoms with Crippen LogP contribution in [0, 0.1) is 5.82 Å². The van der Waals surface area contributed by atoms with E-state index in [1.807, 2.05) is 30.3 Å². The Balaban J connectivity index is 1.81. The monoisotopic (exact) mass is 490 g/mol. The highest BCUT2D eigenvalue weighted by molar-refractivity contribution is 7.92. The van der Waals surface area contributed by atoms with E-state index in [0.29, 0.717) is 0 Å². The summed E-state index contributed by atoms with van der Waals surface area (Å²) in [4.78, 5) is 24.8. The summed E-state index contributed by atoms with van der Waals surface area (Å²) >= 11 is 6.11. The molecule has 10 heteroatoms. The number of halogens is 2. The number of hydrogen-bond acceptors (Lipinski definition) is 5. The summed E-state index contributed by atoms with van der Waals surface area (Å²) < 4.78 is 45.4. The molecule has 0 saturated heterocycles. The Hall–Kier alpha value is -3.43. The van der Waals surface area contributed by atoms with Gasteiger partial charge >= 0.3 is 5.97 Å². The lowest BCUT2D eigenvalue weighted by molar-refractivity contribution is -0.142. The quantitative estimate of drug-likeness (QED) is 0.468. The molecule has 0 fully saturated rings. The highest BCUT2D eigenvalue weighted by Crippen LogP contribution is 2.26. The van der Waals surface area contributed by atoms with Gasteiger partial charge in [0.15, 0.2) is 0 Å². The van der Waals surface area contributed by atoms with E-state index in [1.165, 1.54) is 25.3 Å². The van der Waals surface area contributed by atoms with Gasteiger partial charge in [0.2, 0.25) is 0 Å². The Kier molecular flexibility index (Phi) is 7.67. The van der Waals surface area contributed by atoms with Gasteiger partial charge in [-0.05, 0) is 48.0 Å². The lowest BCUT2D eigenvalue weighted by atomic mass is 10.1. The third kappa shape index (κ3) is 6.30. The molecule has 0 radical (unpaired) electrons. The van der Waals surface area contributed by atoms with Crippen molar-refractivity contribution in [2.24, 2.45) is 0 Å². The molecule has 1 unspecified atom stereocenters. The average Bonchev–Trinajstić information content (AvgIpc) is 2.80. The number of sulfonamides is 1. The first-order valence-electron chi connectivity index (χ1n) is 9.70. The number of esters is 1. The standard InChI is InChI=1S/C23H20ClFN2O5S/c1-32-23(29)21(13-15-5-3-2-4-6-15)26-22(28)16-7-12-19(24)20(14-16)27-33(30,31)18-10-8-17(25)9-11-18/h2-12,14,21,27H,13H2,1H3,(H,26,28). The summed E-state index contributed by atoms with van der Waals surface area (Å²) in [6.07, 6.45) is 0.205. The maximum atomic E-state index is 13.1. The smallest absolute Gasteiger partial charge is 0.328 e. The summed E-state index contributed by atoms with van der Waals surface area (Å²) in [7, 11) is -2.86. The first kappa shape index (κ1) is 24.2. The number of amides is 1. The van der Waals surface area contributed by atoms with Crippen molar-refractivity contribution in [3.8, 4) is 0 Å². The maximum absolute atomic E-state index is 13.1. The van der Waals surface area contributed by atoms with Crippen molar-refractivity contribution in [1.82, 2.24) is 5.32 Å². The van der Waals surface area contributed by atoms with E-state index in [4.69, 9.17) is 16.3 Å². The number of benzene rings is 3. The summed E-state index contributed by atoms with van der Waals surface area (Å²) in [5.74, 6) is -1.83. The molecule has 2 N–H and O–H groups in total. The number of methoxy groups -OCH3 is 1. The van der Waals surface area contributed by atoms with E-state index < -0.39 is 33.8 Å². The Morgan fingerprint density at radius 2 is 1.70 bits per heavy atom. The molecule has 0 spiro atoms. The fourth-order valence-corrected chi connectivity index (χ4v) is 4.28. The number of anilines is 1. The van der Waals surface area contributed by atoms with Crippen LogP contribution in [-0.2, 0) is 26.0 Å². The van der Waals surface area contributed by atoms with Crippen LogP contribution < -0.4 is 10.0 Å². The number of hydrogen-bond donors (Lipinski definition) is 2. The van der Waals surface area contributed by atoms with Crippen LogP contribution in [0.15, 0.2) is 77.7 Å². The van der Waals surface area contributed by atoms with Crippen LogP contribution in [0.2, 0.25) is 5.02 Å². The molecule has 3 rings (SSSR count). The van der Waals surface area contributed by atoms with Crippen LogP contribution in [0.3, 0.4) is 0 Å². The first-order valence-corrected chi connectivity index (χ1v) is 11.6. The molecule has 7 nitrogen and oxygen atoms in total. The largest absolute Gasteiger partial charge is 0.467 e. The van der Waals surface area contributed by atoms with Crippen LogP contribution in [0.1, 0.15) is 15.9 Å². The molecular weight excluding hydrogens is 471 g/mol. The van der Waals surface area contributed by atoms with Gasteiger partial charge in [0.25, 0.3) is 15.9 Å². The number of rotatable bonds is 8. The Morgan fingerprint density at radius 3 is 2.33 bits per heavy atom. The highest BCUT2D eigenvalue weighted by atomic mass is 35.5. The van der Waals surface area contributed by atoms with Gasteiger partial charge < -0.3 is 10.1 Å². The van der Waals surface area contributed by atoms with Crippen molar-refractivity contribution in [1.29, 1.82) is 0 Å². The molecule has 0 aliphatic carbocycles. The molecule has 0 bridgehead atoms. The number of carbonyl (C=O) groups is 2. The second-order valence-corrected chi connectivity index (χ2v) is 9.08. The first-order chi connectivity index (χ1) is 15.7. The van der Waals surface area contributed by atoms with Gasteiger partial charge in [-0.1, -0.05) is 41.9 Å². The van der Waals surface area contributed by atoms with Crippen molar-refractivity contribution in [3.63, 3.8) is 0 Å². The lowest BCUT2D eigenvalue weighted by Gasteiger charge is -2.17. The van der Waals surface area contributed by atoms with E-state index in [0.717, 1.165) is 29.8 Å². The average molecular weight is 491 g/mol. The molecule has 1 atom stereocenters. The molecule has 1 amide bonds. The minimum Gasteiger partial charge on any atom is -0.467 e. The highest BCUT2D eigenvalue weighted by Gasteiger charge is 2.24. The van der Waals surface area contributed by atoms with E-state index >= 15 is 0 Å². The molecule has 172 valence electrons. The lowest BCUT2D eigenvalue weighted by Crippen LogP contribution is -2.43. The van der Waals surface area contributed by atoms with E-state index in [9.17, 15) is 22.4 Å². The van der Waals surface area contributed by atoms with Gasteiger partial charge in [0, 0.05) is 12.0 Å². The predicted molar refractivity (Wildman–Crippen MR) is 122 cm³/mol. The summed E-state index contributed by atoms with van der Waals surface area (Å²) in [5.41, 5.74) is 0.835. The topological polar surface area (TPSA) is 102 Å². The van der Waals surface area contributed by atoms with Gasteiger partial charge in [-0.2, -0.15) is 0 Å². The Labute approximate surface area is 195 Å². The van der Waals surface area contributed by atoms with Crippen LogP contribution in [0.25, 0.3) is 0 Å². The summed E-state index contributed by atoms with van der Waals surface area (Å²) in [6.45, 7) is 0. The fourth-order valence-electron chi connectivity index (χ4n) is 2.99. The van der Waals surface area contributed by atoms with Gasteiger partial charge in [0.05, 0.1) is 22.7 Å². The maximum Gasteiger partial charge on any atom is 0.328 e. The van der Waals surface area contributed by atoms with Crippen molar-refractivity contribution in [2.45, 2.75) is 17.4 Å². The predicted octanol–water partition coefficient (Wildman–Crippen LogP) is 3.79. The minimum atomic E-state index is -4.08. The Morgan fingerprint density at radius 1 is 1.03 bits per heavy atom. The van der Waals surface area contributed by atoms with Gasteiger partial charge in [-0.3, -0.25) is 9.52 Å². The third-order valence-corrected chi connectivity index (χ3v) is 6.38. The third-order valence-electron chi connectivity index (χ3n) is 4.67. The normalized spacial score (nSPS) is 12.0. The molecular formula is C23H20ClFN2O5S. The van der Waals surface area contributed by atoms with Crippen molar-refractivity contribution in [2.75, 3.05) is 11.8 Å². The Bertz CT molecular complexity index is 1250. The minimum absolute atomic E-state index is 0.0473. The number of carbonyl (C=O) groups excluding carboxylic acids is 2. The zero-order valence-electron chi connectivity index (χ0n) is 17.4. The molecule has 0 aliphatic rings. The van der Waals surface area contributed by atoms with Crippen LogP contribution >= 0.6 is 11.6 Å². The molecule has 3 aromatic carbocycles. The fraction of sp³-hybridized carbons (Fsp3) is 0.130. The van der Waals surface area contributed by atoms with Crippen LogP contribution in [-0.4, -0.2) is 33.4 Å². The second kappa shape index (κ2) is 10.5. The molecule has 0 aliphatic heterocycles. The van der Waals surface area contributed by atoms with E-state index in [-0.39, 0.29) is 27.6 Å². The van der Waals surface area contributed by atoms with Crippen LogP contribution in [0.5, 0.6) is 0 Å². The van der Waals surface area contributed by atoms with E-state index in [1.54, 1.807) is 0 Å².